The molecule has 0 fully saturated rings. The van der Waals surface area contributed by atoms with Gasteiger partial charge in [-0.15, -0.1) is 0 Å². The Balaban J connectivity index is 1.31. The number of aryl methyl sites for hydroxylation is 1. The summed E-state index contributed by atoms with van der Waals surface area (Å²) in [5.41, 5.74) is 10.1. The molecule has 4 aromatic rings. The molecule has 5 heteroatoms. The van der Waals surface area contributed by atoms with E-state index >= 15 is 0 Å². The first-order chi connectivity index (χ1) is 28.7. The molecule has 1 aliphatic rings. The maximum Gasteiger partial charge on any atom is 0.343 e. The van der Waals surface area contributed by atoms with Crippen LogP contribution >= 0.6 is 0 Å². The average molecular weight is 799 g/mol. The van der Waals surface area contributed by atoms with E-state index in [0.717, 1.165) is 50.7 Å². The van der Waals surface area contributed by atoms with Gasteiger partial charge in [-0.25, -0.2) is 9.59 Å². The SMILES string of the molecule is C=C(C)C(=O)OCCCCCCOc1ccc(C(=O)Oc2ccc3c(c2)C(CCCCCCCC)(CCCCCCCC)Cc2cc(-c4ccc(C)cc4)ccc2-3)cc1. The fraction of sp³-hybridized carbons (Fsp3) is 0.481. The number of fused-ring (bicyclic) bond motifs is 3. The lowest BCUT2D eigenvalue weighted by molar-refractivity contribution is -0.139. The van der Waals surface area contributed by atoms with Crippen LogP contribution in [0.4, 0.5) is 0 Å². The number of carbonyl (C=O) groups is 2. The maximum absolute atomic E-state index is 13.6. The van der Waals surface area contributed by atoms with Crippen molar-refractivity contribution in [3.63, 3.8) is 0 Å². The van der Waals surface area contributed by atoms with Gasteiger partial charge in [0, 0.05) is 11.0 Å². The van der Waals surface area contributed by atoms with Gasteiger partial charge in [0.2, 0.25) is 0 Å². The van der Waals surface area contributed by atoms with Gasteiger partial charge >= 0.3 is 11.9 Å². The Morgan fingerprint density at radius 1 is 0.610 bits per heavy atom. The van der Waals surface area contributed by atoms with Gasteiger partial charge in [-0.2, -0.15) is 0 Å². The van der Waals surface area contributed by atoms with Crippen molar-refractivity contribution in [2.75, 3.05) is 13.2 Å². The highest BCUT2D eigenvalue weighted by atomic mass is 16.5. The number of esters is 2. The molecule has 0 spiro atoms. The number of ether oxygens (including phenoxy) is 3. The molecule has 0 saturated carbocycles. The predicted molar refractivity (Wildman–Crippen MR) is 245 cm³/mol. The van der Waals surface area contributed by atoms with Crippen molar-refractivity contribution in [3.8, 4) is 33.8 Å². The minimum Gasteiger partial charge on any atom is -0.494 e. The topological polar surface area (TPSA) is 61.8 Å². The molecule has 0 bridgehead atoms. The van der Waals surface area contributed by atoms with Crippen LogP contribution in [0.1, 0.15) is 163 Å². The molecule has 1 aliphatic carbocycles. The highest BCUT2D eigenvalue weighted by Crippen LogP contribution is 2.50. The lowest BCUT2D eigenvalue weighted by atomic mass is 9.63. The van der Waals surface area contributed by atoms with Gasteiger partial charge in [-0.05, 0) is 129 Å². The van der Waals surface area contributed by atoms with Gasteiger partial charge in [-0.1, -0.05) is 152 Å². The summed E-state index contributed by atoms with van der Waals surface area (Å²) in [6.45, 7) is 13.0. The number of benzene rings is 4. The van der Waals surface area contributed by atoms with Crippen LogP contribution in [0, 0.1) is 6.92 Å². The molecule has 5 rings (SSSR count). The number of hydrogen-bond donors (Lipinski definition) is 0. The van der Waals surface area contributed by atoms with Crippen LogP contribution in [0.2, 0.25) is 0 Å². The molecule has 5 nitrogen and oxygen atoms in total. The van der Waals surface area contributed by atoms with Crippen molar-refractivity contribution < 1.29 is 23.8 Å². The largest absolute Gasteiger partial charge is 0.494 e. The standard InChI is InChI=1S/C54H70O5/c1-6-8-10-12-14-18-34-54(35-19-15-13-11-9-7-2)40-46-38-45(43-24-22-42(5)23-25-43)28-32-49(46)50-33-31-48(39-51(50)54)59-53(56)44-26-29-47(30-27-44)57-36-20-16-17-21-37-58-52(55)41(3)4/h22-33,38-39H,3,6-21,34-37,40H2,1-2,4-5H3. The predicted octanol–water partition coefficient (Wildman–Crippen LogP) is 14.9. The lowest BCUT2D eigenvalue weighted by Crippen LogP contribution is -2.33. The van der Waals surface area contributed by atoms with Crippen molar-refractivity contribution in [1.29, 1.82) is 0 Å². The summed E-state index contributed by atoms with van der Waals surface area (Å²) in [4.78, 5) is 25.1. The number of rotatable bonds is 26. The monoisotopic (exact) mass is 799 g/mol. The summed E-state index contributed by atoms with van der Waals surface area (Å²) < 4.78 is 17.3. The van der Waals surface area contributed by atoms with Gasteiger partial charge in [0.05, 0.1) is 18.8 Å². The quantitative estimate of drug-likeness (QED) is 0.0274. The van der Waals surface area contributed by atoms with Crippen molar-refractivity contribution in [3.05, 3.63) is 119 Å². The minimum absolute atomic E-state index is 0.0252. The van der Waals surface area contributed by atoms with Crippen molar-refractivity contribution in [1.82, 2.24) is 0 Å². The van der Waals surface area contributed by atoms with Crippen LogP contribution in [0.15, 0.2) is 97.1 Å². The second kappa shape index (κ2) is 23.8. The van der Waals surface area contributed by atoms with Gasteiger partial charge in [0.25, 0.3) is 0 Å². The molecule has 0 N–H and O–H groups in total. The first-order valence-corrected chi connectivity index (χ1v) is 22.9. The van der Waals surface area contributed by atoms with Crippen LogP contribution in [0.5, 0.6) is 11.5 Å². The molecule has 0 amide bonds. The summed E-state index contributed by atoms with van der Waals surface area (Å²) >= 11 is 0. The third kappa shape index (κ3) is 13.7. The summed E-state index contributed by atoms with van der Waals surface area (Å²) in [7, 11) is 0. The summed E-state index contributed by atoms with van der Waals surface area (Å²) in [5.74, 6) is 0.643. The van der Waals surface area contributed by atoms with E-state index in [4.69, 9.17) is 14.2 Å². The Morgan fingerprint density at radius 3 is 1.81 bits per heavy atom. The van der Waals surface area contributed by atoms with E-state index in [-0.39, 0.29) is 17.4 Å². The summed E-state index contributed by atoms with van der Waals surface area (Å²) in [6, 6.07) is 29.6. The Kier molecular flexibility index (Phi) is 18.4. The molecule has 59 heavy (non-hydrogen) atoms. The summed E-state index contributed by atoms with van der Waals surface area (Å²) in [5, 5.41) is 0. The van der Waals surface area contributed by atoms with Gasteiger partial charge in [-0.3, -0.25) is 0 Å². The van der Waals surface area contributed by atoms with Gasteiger partial charge in [0.1, 0.15) is 11.5 Å². The van der Waals surface area contributed by atoms with E-state index in [1.165, 1.54) is 116 Å². The number of hydrogen-bond acceptors (Lipinski definition) is 5. The number of unbranched alkanes of at least 4 members (excludes halogenated alkanes) is 13. The van der Waals surface area contributed by atoms with Crippen LogP contribution < -0.4 is 9.47 Å². The molecule has 0 unspecified atom stereocenters. The van der Waals surface area contributed by atoms with Gasteiger partial charge in [0.15, 0.2) is 0 Å². The smallest absolute Gasteiger partial charge is 0.343 e. The second-order valence-corrected chi connectivity index (χ2v) is 17.0. The van der Waals surface area contributed by atoms with Crippen LogP contribution in [0.25, 0.3) is 22.3 Å². The molecular formula is C54H70O5. The molecule has 0 radical (unpaired) electrons. The minimum atomic E-state index is -0.361. The van der Waals surface area contributed by atoms with Crippen molar-refractivity contribution in [2.45, 2.75) is 155 Å². The molecule has 0 aromatic heterocycles. The van der Waals surface area contributed by atoms with Crippen LogP contribution in [-0.4, -0.2) is 25.2 Å². The first-order valence-electron chi connectivity index (χ1n) is 22.9. The molecule has 316 valence electrons. The Labute approximate surface area is 356 Å². The van der Waals surface area contributed by atoms with E-state index in [0.29, 0.717) is 30.1 Å². The first kappa shape index (κ1) is 45.4. The third-order valence-corrected chi connectivity index (χ3v) is 12.1. The molecule has 4 aromatic carbocycles. The van der Waals surface area contributed by atoms with E-state index in [1.807, 2.05) is 18.2 Å². The molecule has 0 aliphatic heterocycles. The molecule has 0 heterocycles. The molecular weight excluding hydrogens is 729 g/mol. The zero-order chi connectivity index (χ0) is 41.9. The highest BCUT2D eigenvalue weighted by molar-refractivity contribution is 5.91. The van der Waals surface area contributed by atoms with Gasteiger partial charge < -0.3 is 14.2 Å². The Morgan fingerprint density at radius 2 is 1.17 bits per heavy atom. The maximum atomic E-state index is 13.6. The fourth-order valence-electron chi connectivity index (χ4n) is 8.60. The van der Waals surface area contributed by atoms with Crippen molar-refractivity contribution in [2.24, 2.45) is 0 Å². The normalized spacial score (nSPS) is 12.7. The Bertz CT molecular complexity index is 1910. The van der Waals surface area contributed by atoms with Crippen LogP contribution in [0.3, 0.4) is 0 Å². The fourth-order valence-corrected chi connectivity index (χ4v) is 8.60. The van der Waals surface area contributed by atoms with E-state index in [9.17, 15) is 9.59 Å². The molecule has 0 atom stereocenters. The lowest BCUT2D eigenvalue weighted by Gasteiger charge is -2.41. The van der Waals surface area contributed by atoms with Crippen LogP contribution in [-0.2, 0) is 21.4 Å². The number of carbonyl (C=O) groups excluding carboxylic acids is 2. The molecule has 0 saturated heterocycles. The zero-order valence-electron chi connectivity index (χ0n) is 36.7. The van der Waals surface area contributed by atoms with Crippen molar-refractivity contribution >= 4 is 11.9 Å². The highest BCUT2D eigenvalue weighted by Gasteiger charge is 2.38. The van der Waals surface area contributed by atoms with E-state index in [1.54, 1.807) is 19.1 Å². The third-order valence-electron chi connectivity index (χ3n) is 12.1. The van der Waals surface area contributed by atoms with E-state index < -0.39 is 0 Å². The van der Waals surface area contributed by atoms with E-state index in [2.05, 4.69) is 81.9 Å². The summed E-state index contributed by atoms with van der Waals surface area (Å²) in [6.07, 6.45) is 22.2. The Hall–Kier alpha value is -4.64. The second-order valence-electron chi connectivity index (χ2n) is 17.0. The average Bonchev–Trinajstić information content (AvgIpc) is 3.24. The zero-order valence-corrected chi connectivity index (χ0v) is 36.7.